The second-order valence-electron chi connectivity index (χ2n) is 5.39. The SMILES string of the molecule is COCc1cccc(OCc2ccoc2CNC2CC2)c1. The Bertz CT molecular complexity index is 575. The highest BCUT2D eigenvalue weighted by molar-refractivity contribution is 5.28. The minimum absolute atomic E-state index is 0.522. The molecular weight excluding hydrogens is 266 g/mol. The third-order valence-corrected chi connectivity index (χ3v) is 3.57. The van der Waals surface area contributed by atoms with E-state index in [1.54, 1.807) is 13.4 Å². The number of methoxy groups -OCH3 is 1. The van der Waals surface area contributed by atoms with Crippen LogP contribution in [0.15, 0.2) is 41.0 Å². The number of ether oxygens (including phenoxy) is 2. The van der Waals surface area contributed by atoms with Crippen LogP contribution in [-0.2, 0) is 24.5 Å². The van der Waals surface area contributed by atoms with Crippen molar-refractivity contribution in [1.29, 1.82) is 0 Å². The number of nitrogens with one attached hydrogen (secondary N) is 1. The van der Waals surface area contributed by atoms with Crippen molar-refractivity contribution in [3.8, 4) is 5.75 Å². The van der Waals surface area contributed by atoms with Crippen LogP contribution >= 0.6 is 0 Å². The van der Waals surface area contributed by atoms with Gasteiger partial charge in [-0.25, -0.2) is 0 Å². The van der Waals surface area contributed by atoms with Gasteiger partial charge >= 0.3 is 0 Å². The first-order chi connectivity index (χ1) is 10.3. The van der Waals surface area contributed by atoms with Crippen LogP contribution in [-0.4, -0.2) is 13.2 Å². The van der Waals surface area contributed by atoms with Gasteiger partial charge in [0, 0.05) is 18.7 Å². The quantitative estimate of drug-likeness (QED) is 0.809. The molecule has 3 rings (SSSR count). The van der Waals surface area contributed by atoms with E-state index in [2.05, 4.69) is 5.32 Å². The van der Waals surface area contributed by atoms with Crippen LogP contribution in [0.25, 0.3) is 0 Å². The third kappa shape index (κ3) is 4.09. The standard InChI is InChI=1S/C17H21NO3/c1-19-11-13-3-2-4-16(9-13)21-12-14-7-8-20-17(14)10-18-15-5-6-15/h2-4,7-9,15,18H,5-6,10-12H2,1H3. The Labute approximate surface area is 125 Å². The highest BCUT2D eigenvalue weighted by Gasteiger charge is 2.21. The van der Waals surface area contributed by atoms with Crippen molar-refractivity contribution in [3.05, 3.63) is 53.5 Å². The highest BCUT2D eigenvalue weighted by Crippen LogP contribution is 2.21. The van der Waals surface area contributed by atoms with Crippen LogP contribution in [0.5, 0.6) is 5.75 Å². The van der Waals surface area contributed by atoms with Crippen molar-refractivity contribution in [1.82, 2.24) is 5.32 Å². The van der Waals surface area contributed by atoms with Gasteiger partial charge in [0.2, 0.25) is 0 Å². The first-order valence-corrected chi connectivity index (χ1v) is 7.34. The van der Waals surface area contributed by atoms with Crippen LogP contribution in [0.3, 0.4) is 0 Å². The monoisotopic (exact) mass is 287 g/mol. The van der Waals surface area contributed by atoms with Crippen molar-refractivity contribution >= 4 is 0 Å². The van der Waals surface area contributed by atoms with E-state index in [4.69, 9.17) is 13.9 Å². The maximum Gasteiger partial charge on any atom is 0.124 e. The molecule has 1 aliphatic carbocycles. The summed E-state index contributed by atoms with van der Waals surface area (Å²) in [5.41, 5.74) is 2.21. The van der Waals surface area contributed by atoms with E-state index in [9.17, 15) is 0 Å². The van der Waals surface area contributed by atoms with Crippen LogP contribution in [0.1, 0.15) is 29.7 Å². The molecule has 1 aliphatic rings. The fourth-order valence-electron chi connectivity index (χ4n) is 2.23. The van der Waals surface area contributed by atoms with Crippen molar-refractivity contribution < 1.29 is 13.9 Å². The molecule has 1 aromatic heterocycles. The van der Waals surface area contributed by atoms with Crippen molar-refractivity contribution in [3.63, 3.8) is 0 Å². The van der Waals surface area contributed by atoms with E-state index >= 15 is 0 Å². The summed E-state index contributed by atoms with van der Waals surface area (Å²) >= 11 is 0. The Kier molecular flexibility index (Phi) is 4.58. The number of benzene rings is 1. The molecule has 1 N–H and O–H groups in total. The summed E-state index contributed by atoms with van der Waals surface area (Å²) in [7, 11) is 1.69. The van der Waals surface area contributed by atoms with Gasteiger partial charge in [0.15, 0.2) is 0 Å². The van der Waals surface area contributed by atoms with Gasteiger partial charge in [-0.05, 0) is 36.6 Å². The molecule has 0 aliphatic heterocycles. The predicted octanol–water partition coefficient (Wildman–Crippen LogP) is 3.26. The molecular formula is C17H21NO3. The molecule has 1 saturated carbocycles. The predicted molar refractivity (Wildman–Crippen MR) is 80.1 cm³/mol. The molecule has 0 saturated heterocycles. The largest absolute Gasteiger partial charge is 0.489 e. The molecule has 112 valence electrons. The maximum atomic E-state index is 5.86. The smallest absolute Gasteiger partial charge is 0.124 e. The number of rotatable bonds is 8. The van der Waals surface area contributed by atoms with E-state index in [0.29, 0.717) is 19.3 Å². The zero-order valence-corrected chi connectivity index (χ0v) is 12.3. The summed E-state index contributed by atoms with van der Waals surface area (Å²) in [5.74, 6) is 1.82. The van der Waals surface area contributed by atoms with Crippen LogP contribution in [0.2, 0.25) is 0 Å². The van der Waals surface area contributed by atoms with Gasteiger partial charge < -0.3 is 19.2 Å². The zero-order chi connectivity index (χ0) is 14.5. The minimum atomic E-state index is 0.522. The molecule has 1 heterocycles. The topological polar surface area (TPSA) is 43.6 Å². The van der Waals surface area contributed by atoms with E-state index in [0.717, 1.165) is 29.2 Å². The number of furan rings is 1. The summed E-state index contributed by atoms with van der Waals surface area (Å²) in [6.07, 6.45) is 4.28. The summed E-state index contributed by atoms with van der Waals surface area (Å²) < 4.78 is 16.5. The van der Waals surface area contributed by atoms with Gasteiger partial charge in [0.05, 0.1) is 19.4 Å². The fraction of sp³-hybridized carbons (Fsp3) is 0.412. The van der Waals surface area contributed by atoms with E-state index in [-0.39, 0.29) is 0 Å². The maximum absolute atomic E-state index is 5.86. The fourth-order valence-corrected chi connectivity index (χ4v) is 2.23. The van der Waals surface area contributed by atoms with Crippen LogP contribution in [0, 0.1) is 0 Å². The molecule has 0 amide bonds. The first kappa shape index (κ1) is 14.2. The van der Waals surface area contributed by atoms with Gasteiger partial charge in [-0.3, -0.25) is 0 Å². The molecule has 0 atom stereocenters. The lowest BCUT2D eigenvalue weighted by atomic mass is 10.2. The molecule has 21 heavy (non-hydrogen) atoms. The Morgan fingerprint density at radius 2 is 2.14 bits per heavy atom. The van der Waals surface area contributed by atoms with E-state index in [1.165, 1.54) is 12.8 Å². The normalized spacial score (nSPS) is 14.3. The number of hydrogen-bond acceptors (Lipinski definition) is 4. The molecule has 0 bridgehead atoms. The highest BCUT2D eigenvalue weighted by atomic mass is 16.5. The Balaban J connectivity index is 1.56. The molecule has 2 aromatic rings. The van der Waals surface area contributed by atoms with Crippen molar-refractivity contribution in [2.75, 3.05) is 7.11 Å². The van der Waals surface area contributed by atoms with E-state index < -0.39 is 0 Å². The summed E-state index contributed by atoms with van der Waals surface area (Å²) in [6, 6.07) is 10.6. The van der Waals surface area contributed by atoms with Gasteiger partial charge in [0.25, 0.3) is 0 Å². The van der Waals surface area contributed by atoms with Gasteiger partial charge in [-0.2, -0.15) is 0 Å². The van der Waals surface area contributed by atoms with Gasteiger partial charge in [-0.1, -0.05) is 12.1 Å². The zero-order valence-electron chi connectivity index (χ0n) is 12.3. The van der Waals surface area contributed by atoms with Crippen LogP contribution < -0.4 is 10.1 Å². The van der Waals surface area contributed by atoms with Gasteiger partial charge in [0.1, 0.15) is 18.1 Å². The van der Waals surface area contributed by atoms with Crippen LogP contribution in [0.4, 0.5) is 0 Å². The summed E-state index contributed by atoms with van der Waals surface area (Å²) in [4.78, 5) is 0. The minimum Gasteiger partial charge on any atom is -0.489 e. The lowest BCUT2D eigenvalue weighted by Crippen LogP contribution is -2.16. The first-order valence-electron chi connectivity index (χ1n) is 7.34. The Morgan fingerprint density at radius 3 is 2.95 bits per heavy atom. The van der Waals surface area contributed by atoms with Crippen molar-refractivity contribution in [2.45, 2.75) is 38.6 Å². The lowest BCUT2D eigenvalue weighted by molar-refractivity contribution is 0.184. The third-order valence-electron chi connectivity index (χ3n) is 3.57. The second kappa shape index (κ2) is 6.78. The molecule has 0 unspecified atom stereocenters. The molecule has 0 spiro atoms. The summed E-state index contributed by atoms with van der Waals surface area (Å²) in [6.45, 7) is 1.90. The Hall–Kier alpha value is -1.78. The molecule has 0 radical (unpaired) electrons. The average Bonchev–Trinajstić information content (AvgIpc) is 3.22. The number of hydrogen-bond donors (Lipinski definition) is 1. The van der Waals surface area contributed by atoms with Gasteiger partial charge in [-0.15, -0.1) is 0 Å². The average molecular weight is 287 g/mol. The lowest BCUT2D eigenvalue weighted by Gasteiger charge is -2.08. The Morgan fingerprint density at radius 1 is 1.24 bits per heavy atom. The molecule has 1 fully saturated rings. The molecule has 4 heteroatoms. The summed E-state index contributed by atoms with van der Waals surface area (Å²) in [5, 5.41) is 3.46. The molecule has 1 aromatic carbocycles. The van der Waals surface area contributed by atoms with E-state index in [1.807, 2.05) is 30.3 Å². The van der Waals surface area contributed by atoms with Crippen molar-refractivity contribution in [2.24, 2.45) is 0 Å². The molecule has 4 nitrogen and oxygen atoms in total. The second-order valence-corrected chi connectivity index (χ2v) is 5.39.